The van der Waals surface area contributed by atoms with Gasteiger partial charge in [-0.2, -0.15) is 0 Å². The maximum atomic E-state index is 2.58. The lowest BCUT2D eigenvalue weighted by Gasteiger charge is -2.22. The SMILES string of the molecule is C[P+]1(C)C2=C(CCCC2)C2=C1CCCC2. The zero-order valence-electron chi connectivity index (χ0n) is 10.1. The molecule has 0 amide bonds. The van der Waals surface area contributed by atoms with E-state index in [0.29, 0.717) is 0 Å². The van der Waals surface area contributed by atoms with Crippen LogP contribution in [-0.2, 0) is 0 Å². The fourth-order valence-electron chi connectivity index (χ4n) is 3.83. The van der Waals surface area contributed by atoms with E-state index in [1.54, 1.807) is 0 Å². The molecule has 0 spiro atoms. The van der Waals surface area contributed by atoms with Gasteiger partial charge in [0.25, 0.3) is 0 Å². The van der Waals surface area contributed by atoms with Crippen LogP contribution in [0.5, 0.6) is 0 Å². The summed E-state index contributed by atoms with van der Waals surface area (Å²) in [7, 11) is -0.797. The van der Waals surface area contributed by atoms with Gasteiger partial charge in [-0.05, 0) is 49.7 Å². The van der Waals surface area contributed by atoms with Crippen molar-refractivity contribution in [3.05, 3.63) is 21.8 Å². The summed E-state index contributed by atoms with van der Waals surface area (Å²) in [5.41, 5.74) is 3.71. The molecule has 0 aromatic carbocycles. The Morgan fingerprint density at radius 1 is 0.667 bits per heavy atom. The Balaban J connectivity index is 2.10. The molecule has 1 heteroatoms. The zero-order chi connectivity index (χ0) is 10.5. The van der Waals surface area contributed by atoms with E-state index in [4.69, 9.17) is 0 Å². The molecule has 0 atom stereocenters. The van der Waals surface area contributed by atoms with Crippen LogP contribution in [0.2, 0.25) is 0 Å². The average molecular weight is 221 g/mol. The summed E-state index contributed by atoms with van der Waals surface area (Å²) in [4.78, 5) is 0. The molecule has 0 bridgehead atoms. The van der Waals surface area contributed by atoms with E-state index < -0.39 is 7.26 Å². The number of hydrogen-bond acceptors (Lipinski definition) is 0. The Labute approximate surface area is 94.2 Å². The molecule has 1 heterocycles. The highest BCUT2D eigenvalue weighted by atomic mass is 31.2. The minimum Gasteiger partial charge on any atom is -0.0486 e. The second-order valence-electron chi connectivity index (χ2n) is 5.72. The molecule has 0 N–H and O–H groups in total. The Kier molecular flexibility index (Phi) is 2.32. The van der Waals surface area contributed by atoms with Gasteiger partial charge in [0.1, 0.15) is 0 Å². The van der Waals surface area contributed by atoms with E-state index >= 15 is 0 Å². The summed E-state index contributed by atoms with van der Waals surface area (Å²) in [6, 6.07) is 0. The van der Waals surface area contributed by atoms with Gasteiger partial charge in [0, 0.05) is 12.8 Å². The normalized spacial score (nSPS) is 29.2. The zero-order valence-corrected chi connectivity index (χ0v) is 11.0. The highest BCUT2D eigenvalue weighted by Gasteiger charge is 2.47. The van der Waals surface area contributed by atoms with E-state index in [1.165, 1.54) is 51.4 Å². The number of hydrogen-bond donors (Lipinski definition) is 0. The molecular formula is C14H22P+. The Hall–Kier alpha value is -0.0900. The molecule has 0 aromatic heterocycles. The molecule has 0 saturated heterocycles. The lowest BCUT2D eigenvalue weighted by Crippen LogP contribution is -1.99. The van der Waals surface area contributed by atoms with E-state index in [-0.39, 0.29) is 0 Å². The first-order valence-electron chi connectivity index (χ1n) is 6.51. The van der Waals surface area contributed by atoms with Gasteiger partial charge in [-0.3, -0.25) is 0 Å². The number of fused-ring (bicyclic) bond motifs is 1. The molecule has 0 saturated carbocycles. The smallest absolute Gasteiger partial charge is 0.0486 e. The third-order valence-electron chi connectivity index (χ3n) is 4.59. The van der Waals surface area contributed by atoms with Gasteiger partial charge >= 0.3 is 0 Å². The lowest BCUT2D eigenvalue weighted by atomic mass is 9.87. The quantitative estimate of drug-likeness (QED) is 0.508. The van der Waals surface area contributed by atoms with Gasteiger partial charge in [0.15, 0.2) is 0 Å². The molecule has 0 nitrogen and oxygen atoms in total. The molecule has 3 aliphatic rings. The minimum absolute atomic E-state index is 0.797. The second-order valence-corrected chi connectivity index (χ2v) is 9.70. The van der Waals surface area contributed by atoms with Crippen molar-refractivity contribution >= 4 is 7.26 Å². The largest absolute Gasteiger partial charge is 0.0794 e. The van der Waals surface area contributed by atoms with Gasteiger partial charge in [-0.1, -0.05) is 0 Å². The minimum atomic E-state index is -0.797. The van der Waals surface area contributed by atoms with Crippen LogP contribution in [0.15, 0.2) is 21.8 Å². The van der Waals surface area contributed by atoms with Crippen LogP contribution in [0.1, 0.15) is 51.4 Å². The Morgan fingerprint density at radius 2 is 1.07 bits per heavy atom. The first kappa shape index (κ1) is 10.1. The highest BCUT2D eigenvalue weighted by molar-refractivity contribution is 7.82. The van der Waals surface area contributed by atoms with E-state index in [9.17, 15) is 0 Å². The monoisotopic (exact) mass is 221 g/mol. The van der Waals surface area contributed by atoms with Gasteiger partial charge in [0.2, 0.25) is 0 Å². The van der Waals surface area contributed by atoms with Crippen LogP contribution in [0.4, 0.5) is 0 Å². The van der Waals surface area contributed by atoms with Crippen molar-refractivity contribution in [2.45, 2.75) is 51.4 Å². The standard InChI is InChI=1S/C14H22P/c1-15(2)13-9-5-3-7-11(13)12-8-4-6-10-14(12)15/h3-10H2,1-2H3/q+1. The predicted molar refractivity (Wildman–Crippen MR) is 69.8 cm³/mol. The van der Waals surface area contributed by atoms with Crippen molar-refractivity contribution in [2.75, 3.05) is 13.3 Å². The van der Waals surface area contributed by atoms with Gasteiger partial charge < -0.3 is 0 Å². The fraction of sp³-hybridized carbons (Fsp3) is 0.714. The van der Waals surface area contributed by atoms with Crippen molar-refractivity contribution in [1.82, 2.24) is 0 Å². The molecule has 3 rings (SSSR count). The molecule has 15 heavy (non-hydrogen) atoms. The van der Waals surface area contributed by atoms with Crippen molar-refractivity contribution < 1.29 is 0 Å². The molecule has 0 unspecified atom stereocenters. The van der Waals surface area contributed by atoms with Crippen molar-refractivity contribution in [1.29, 1.82) is 0 Å². The molecule has 0 radical (unpaired) electrons. The summed E-state index contributed by atoms with van der Waals surface area (Å²) < 4.78 is 0. The number of rotatable bonds is 0. The summed E-state index contributed by atoms with van der Waals surface area (Å²) in [5.74, 6) is 0. The Morgan fingerprint density at radius 3 is 1.53 bits per heavy atom. The van der Waals surface area contributed by atoms with Crippen LogP contribution < -0.4 is 0 Å². The maximum Gasteiger partial charge on any atom is 0.0794 e. The molecule has 2 aliphatic carbocycles. The van der Waals surface area contributed by atoms with Crippen LogP contribution >= 0.6 is 7.26 Å². The summed E-state index contributed by atoms with van der Waals surface area (Å²) in [6.07, 6.45) is 11.5. The van der Waals surface area contributed by atoms with E-state index in [2.05, 4.69) is 13.3 Å². The lowest BCUT2D eigenvalue weighted by molar-refractivity contribution is 0.664. The topological polar surface area (TPSA) is 0 Å². The first-order chi connectivity index (χ1) is 7.21. The molecule has 82 valence electrons. The van der Waals surface area contributed by atoms with Crippen LogP contribution in [-0.4, -0.2) is 13.3 Å². The maximum absolute atomic E-state index is 2.58. The van der Waals surface area contributed by atoms with Crippen LogP contribution in [0, 0.1) is 0 Å². The molecule has 0 aromatic rings. The predicted octanol–water partition coefficient (Wildman–Crippen LogP) is 4.93. The van der Waals surface area contributed by atoms with E-state index in [0.717, 1.165) is 0 Å². The van der Waals surface area contributed by atoms with Crippen molar-refractivity contribution in [3.63, 3.8) is 0 Å². The molecule has 0 fully saturated rings. The Bertz CT molecular complexity index is 324. The summed E-state index contributed by atoms with van der Waals surface area (Å²) in [5, 5.41) is 3.86. The van der Waals surface area contributed by atoms with Gasteiger partial charge in [-0.25, -0.2) is 0 Å². The molecule has 1 aliphatic heterocycles. The summed E-state index contributed by atoms with van der Waals surface area (Å²) >= 11 is 0. The van der Waals surface area contributed by atoms with Gasteiger partial charge in [0.05, 0.1) is 31.2 Å². The average Bonchev–Trinajstić information content (AvgIpc) is 2.51. The number of allylic oxidation sites excluding steroid dienone is 4. The fourth-order valence-corrected chi connectivity index (χ4v) is 7.43. The second kappa shape index (κ2) is 3.45. The highest BCUT2D eigenvalue weighted by Crippen LogP contribution is 2.76. The van der Waals surface area contributed by atoms with Gasteiger partial charge in [-0.15, -0.1) is 0 Å². The third kappa shape index (κ3) is 1.37. The molecular weight excluding hydrogens is 199 g/mol. The van der Waals surface area contributed by atoms with Crippen LogP contribution in [0.3, 0.4) is 0 Å². The first-order valence-corrected chi connectivity index (χ1v) is 9.19. The van der Waals surface area contributed by atoms with Crippen molar-refractivity contribution in [2.24, 2.45) is 0 Å². The van der Waals surface area contributed by atoms with Crippen LogP contribution in [0.25, 0.3) is 0 Å². The van der Waals surface area contributed by atoms with Crippen molar-refractivity contribution in [3.8, 4) is 0 Å². The summed E-state index contributed by atoms with van der Waals surface area (Å²) in [6.45, 7) is 5.17. The third-order valence-corrected chi connectivity index (χ3v) is 8.28. The van der Waals surface area contributed by atoms with E-state index in [1.807, 2.05) is 21.8 Å².